The Labute approximate surface area is 152 Å². The van der Waals surface area contributed by atoms with E-state index in [0.717, 1.165) is 4.88 Å². The van der Waals surface area contributed by atoms with E-state index in [-0.39, 0.29) is 0 Å². The molecule has 0 aliphatic carbocycles. The summed E-state index contributed by atoms with van der Waals surface area (Å²) in [6.07, 6.45) is 0. The Morgan fingerprint density at radius 3 is 2.72 bits per heavy atom. The lowest BCUT2D eigenvalue weighted by Gasteiger charge is -2.10. The number of hydrogen-bond acceptors (Lipinski definition) is 6. The van der Waals surface area contributed by atoms with Gasteiger partial charge in [0.2, 0.25) is 11.1 Å². The van der Waals surface area contributed by atoms with Crippen LogP contribution in [0.3, 0.4) is 0 Å². The van der Waals surface area contributed by atoms with Crippen molar-refractivity contribution in [1.82, 2.24) is 20.5 Å². The third-order valence-electron chi connectivity index (χ3n) is 3.14. The first-order chi connectivity index (χ1) is 12.1. The predicted octanol–water partition coefficient (Wildman–Crippen LogP) is 3.36. The molecule has 0 spiro atoms. The van der Waals surface area contributed by atoms with Crippen LogP contribution in [0.2, 0.25) is 0 Å². The molecule has 1 aromatic carbocycles. The van der Waals surface area contributed by atoms with Crippen LogP contribution in [-0.4, -0.2) is 32.4 Å². The second kappa shape index (κ2) is 7.95. The fourth-order valence-electron chi connectivity index (χ4n) is 1.93. The molecule has 0 saturated heterocycles. The quantitative estimate of drug-likeness (QED) is 0.596. The molecule has 0 saturated carbocycles. The highest BCUT2D eigenvalue weighted by atomic mass is 32.2. The summed E-state index contributed by atoms with van der Waals surface area (Å²) in [6, 6.07) is 12.2. The lowest BCUT2D eigenvalue weighted by atomic mass is 10.3. The van der Waals surface area contributed by atoms with Crippen molar-refractivity contribution in [2.24, 2.45) is 0 Å². The minimum absolute atomic E-state index is 0.416. The lowest BCUT2D eigenvalue weighted by Crippen LogP contribution is -2.38. The first kappa shape index (κ1) is 17.2. The van der Waals surface area contributed by atoms with Gasteiger partial charge in [-0.2, -0.15) is 0 Å². The molecule has 0 radical (unpaired) electrons. The molecule has 1 atom stereocenters. The highest BCUT2D eigenvalue weighted by Crippen LogP contribution is 2.25. The van der Waals surface area contributed by atoms with E-state index in [9.17, 15) is 9.59 Å². The van der Waals surface area contributed by atoms with E-state index in [1.807, 2.05) is 23.6 Å². The predicted molar refractivity (Wildman–Crippen MR) is 98.6 cm³/mol. The smallest absolute Gasteiger partial charge is 0.308 e. The highest BCUT2D eigenvalue weighted by molar-refractivity contribution is 8.00. The number of carbonyl (C=O) groups excluding carboxylic acids is 2. The van der Waals surface area contributed by atoms with Crippen molar-refractivity contribution in [1.29, 1.82) is 0 Å². The number of para-hydroxylation sites is 1. The van der Waals surface area contributed by atoms with Crippen LogP contribution in [-0.2, 0) is 4.79 Å². The molecule has 128 valence electrons. The molecule has 25 heavy (non-hydrogen) atoms. The Hall–Kier alpha value is -2.65. The first-order valence-corrected chi connectivity index (χ1v) is 9.17. The fourth-order valence-corrected chi connectivity index (χ4v) is 3.32. The number of carbonyl (C=O) groups is 2. The van der Waals surface area contributed by atoms with Gasteiger partial charge in [0.25, 0.3) is 0 Å². The van der Waals surface area contributed by atoms with Gasteiger partial charge in [-0.3, -0.25) is 15.2 Å². The van der Waals surface area contributed by atoms with Gasteiger partial charge < -0.3 is 5.32 Å². The number of anilines is 1. The Kier molecular flexibility index (Phi) is 5.46. The molecule has 0 aliphatic heterocycles. The molecule has 3 aromatic rings. The van der Waals surface area contributed by atoms with Crippen molar-refractivity contribution in [2.45, 2.75) is 17.3 Å². The number of aromatic amines is 1. The number of aromatic nitrogens is 3. The number of benzene rings is 1. The summed E-state index contributed by atoms with van der Waals surface area (Å²) in [4.78, 5) is 29.3. The SMILES string of the molecule is C[C@@H](Sc1n[nH]c(-c2cccs2)n1)C(=O)NC(=O)Nc1ccccc1. The van der Waals surface area contributed by atoms with Crippen LogP contribution in [0, 0.1) is 0 Å². The minimum atomic E-state index is -0.571. The normalized spacial score (nSPS) is 11.7. The van der Waals surface area contributed by atoms with E-state index >= 15 is 0 Å². The van der Waals surface area contributed by atoms with E-state index < -0.39 is 17.2 Å². The second-order valence-corrected chi connectivity index (χ2v) is 7.27. The van der Waals surface area contributed by atoms with E-state index in [4.69, 9.17) is 0 Å². The summed E-state index contributed by atoms with van der Waals surface area (Å²) in [5.74, 6) is 0.243. The van der Waals surface area contributed by atoms with Gasteiger partial charge in [-0.15, -0.1) is 16.4 Å². The zero-order valence-corrected chi connectivity index (χ0v) is 14.9. The maximum atomic E-state index is 12.1. The Balaban J connectivity index is 1.53. The number of H-pyrrole nitrogens is 1. The number of thioether (sulfide) groups is 1. The zero-order valence-electron chi connectivity index (χ0n) is 13.2. The molecular weight excluding hydrogens is 358 g/mol. The van der Waals surface area contributed by atoms with E-state index in [1.165, 1.54) is 11.8 Å². The van der Waals surface area contributed by atoms with Crippen LogP contribution in [0.15, 0.2) is 53.0 Å². The summed E-state index contributed by atoms with van der Waals surface area (Å²) in [5, 5.41) is 13.7. The number of nitrogens with one attached hydrogen (secondary N) is 3. The summed E-state index contributed by atoms with van der Waals surface area (Å²) in [7, 11) is 0. The molecule has 3 rings (SSSR count). The van der Waals surface area contributed by atoms with Crippen molar-refractivity contribution in [2.75, 3.05) is 5.32 Å². The van der Waals surface area contributed by atoms with Gasteiger partial charge in [-0.1, -0.05) is 36.0 Å². The molecule has 7 nitrogen and oxygen atoms in total. The van der Waals surface area contributed by atoms with Crippen LogP contribution in [0.25, 0.3) is 10.7 Å². The number of urea groups is 1. The van der Waals surface area contributed by atoms with Gasteiger partial charge in [0, 0.05) is 5.69 Å². The zero-order chi connectivity index (χ0) is 17.6. The molecule has 9 heteroatoms. The van der Waals surface area contributed by atoms with Gasteiger partial charge in [-0.05, 0) is 30.5 Å². The third kappa shape index (κ3) is 4.68. The van der Waals surface area contributed by atoms with Crippen LogP contribution in [0.5, 0.6) is 0 Å². The van der Waals surface area contributed by atoms with Crippen molar-refractivity contribution in [3.05, 3.63) is 47.8 Å². The molecule has 0 unspecified atom stereocenters. The second-order valence-electron chi connectivity index (χ2n) is 5.01. The van der Waals surface area contributed by atoms with Crippen LogP contribution >= 0.6 is 23.1 Å². The minimum Gasteiger partial charge on any atom is -0.308 e. The standard InChI is InChI=1S/C16H15N5O2S2/c1-10(14(22)19-15(23)17-11-6-3-2-4-7-11)25-16-18-13(20-21-16)12-8-5-9-24-12/h2-10H,1H3,(H,18,20,21)(H2,17,19,22,23)/t10-/m1/s1. The Bertz CT molecular complexity index is 849. The molecule has 3 N–H and O–H groups in total. The summed E-state index contributed by atoms with van der Waals surface area (Å²) in [5.41, 5.74) is 0.614. The number of amides is 3. The fraction of sp³-hybridized carbons (Fsp3) is 0.125. The molecule has 0 aliphatic rings. The van der Waals surface area contributed by atoms with Crippen molar-refractivity contribution in [3.8, 4) is 10.7 Å². The van der Waals surface area contributed by atoms with E-state index in [2.05, 4.69) is 25.8 Å². The first-order valence-electron chi connectivity index (χ1n) is 7.41. The van der Waals surface area contributed by atoms with Gasteiger partial charge in [0.15, 0.2) is 5.82 Å². The topological polar surface area (TPSA) is 99.8 Å². The summed E-state index contributed by atoms with van der Waals surface area (Å²) < 4.78 is 0. The van der Waals surface area contributed by atoms with Gasteiger partial charge in [0.05, 0.1) is 10.1 Å². The van der Waals surface area contributed by atoms with Crippen molar-refractivity contribution < 1.29 is 9.59 Å². The molecule has 3 amide bonds. The molecule has 0 fully saturated rings. The van der Waals surface area contributed by atoms with Gasteiger partial charge in [-0.25, -0.2) is 9.78 Å². The van der Waals surface area contributed by atoms with Crippen molar-refractivity contribution in [3.63, 3.8) is 0 Å². The maximum absolute atomic E-state index is 12.1. The molecular formula is C16H15N5O2S2. The monoisotopic (exact) mass is 373 g/mol. The molecule has 2 heterocycles. The maximum Gasteiger partial charge on any atom is 0.325 e. The number of nitrogens with zero attached hydrogens (tertiary/aromatic N) is 2. The largest absolute Gasteiger partial charge is 0.325 e. The third-order valence-corrected chi connectivity index (χ3v) is 4.98. The van der Waals surface area contributed by atoms with E-state index in [1.54, 1.807) is 42.5 Å². The Morgan fingerprint density at radius 2 is 2.00 bits per heavy atom. The average molecular weight is 373 g/mol. The average Bonchev–Trinajstić information content (AvgIpc) is 3.26. The van der Waals surface area contributed by atoms with Crippen LogP contribution in [0.1, 0.15) is 6.92 Å². The van der Waals surface area contributed by atoms with Crippen LogP contribution in [0.4, 0.5) is 10.5 Å². The van der Waals surface area contributed by atoms with Crippen molar-refractivity contribution >= 4 is 40.7 Å². The lowest BCUT2D eigenvalue weighted by molar-refractivity contribution is -0.119. The number of thiophene rings is 1. The molecule has 2 aromatic heterocycles. The summed E-state index contributed by atoms with van der Waals surface area (Å²) in [6.45, 7) is 1.69. The Morgan fingerprint density at radius 1 is 1.20 bits per heavy atom. The number of imide groups is 1. The number of rotatable bonds is 5. The molecule has 0 bridgehead atoms. The van der Waals surface area contributed by atoms with E-state index in [0.29, 0.717) is 16.7 Å². The van der Waals surface area contributed by atoms with Gasteiger partial charge >= 0.3 is 6.03 Å². The van der Waals surface area contributed by atoms with Crippen LogP contribution < -0.4 is 10.6 Å². The number of hydrogen-bond donors (Lipinski definition) is 3. The summed E-state index contributed by atoms with van der Waals surface area (Å²) >= 11 is 2.73. The van der Waals surface area contributed by atoms with Gasteiger partial charge in [0.1, 0.15) is 0 Å². The highest BCUT2D eigenvalue weighted by Gasteiger charge is 2.19.